The van der Waals surface area contributed by atoms with Crippen LogP contribution in [0, 0.1) is 0 Å². The van der Waals surface area contributed by atoms with Crippen molar-refractivity contribution in [2.75, 3.05) is 7.11 Å². The van der Waals surface area contributed by atoms with Crippen LogP contribution in [0.5, 0.6) is 5.75 Å². The van der Waals surface area contributed by atoms with Crippen molar-refractivity contribution in [3.63, 3.8) is 0 Å². The monoisotopic (exact) mass is 213 g/mol. The molecule has 0 spiro atoms. The lowest BCUT2D eigenvalue weighted by atomic mass is 10.1. The number of hydrogen-bond donors (Lipinski definition) is 1. The Labute approximate surface area is 85.7 Å². The van der Waals surface area contributed by atoms with Gasteiger partial charge in [-0.2, -0.15) is 0 Å². The van der Waals surface area contributed by atoms with Crippen LogP contribution in [-0.4, -0.2) is 23.3 Å². The van der Waals surface area contributed by atoms with Gasteiger partial charge in [-0.05, 0) is 12.1 Å². The third kappa shape index (κ3) is 2.03. The predicted octanol–water partition coefficient (Wildman–Crippen LogP) is 1.90. The van der Waals surface area contributed by atoms with Crippen molar-refractivity contribution in [3.8, 4) is 5.75 Å². The van der Waals surface area contributed by atoms with Gasteiger partial charge in [-0.3, -0.25) is 4.79 Å². The first kappa shape index (κ1) is 10.5. The number of methoxy groups -OCH3 is 1. The zero-order chi connectivity index (χ0) is 10.6. The number of ketones is 1. The molecule has 0 saturated heterocycles. The van der Waals surface area contributed by atoms with Crippen molar-refractivity contribution >= 4 is 22.6 Å². The van der Waals surface area contributed by atoms with Gasteiger partial charge in [-0.15, -0.1) is 0 Å². The van der Waals surface area contributed by atoms with Crippen LogP contribution in [0.25, 0.3) is 0 Å². The fourth-order valence-electron chi connectivity index (χ4n) is 0.989. The van der Waals surface area contributed by atoms with E-state index in [4.69, 9.17) is 21.5 Å². The Morgan fingerprint density at radius 3 is 2.71 bits per heavy atom. The smallest absolute Gasteiger partial charge is 0.230 e. The van der Waals surface area contributed by atoms with E-state index >= 15 is 0 Å². The first-order valence-corrected chi connectivity index (χ1v) is 4.13. The van der Waals surface area contributed by atoms with Gasteiger partial charge < -0.3 is 9.94 Å². The molecule has 0 unspecified atom stereocenters. The SMILES string of the molecule is COc1ccccc1C(=O)/C(Cl)=N/O. The van der Waals surface area contributed by atoms with Gasteiger partial charge in [-0.25, -0.2) is 0 Å². The average molecular weight is 214 g/mol. The lowest BCUT2D eigenvalue weighted by molar-refractivity contribution is 0.106. The molecular weight excluding hydrogens is 206 g/mol. The molecule has 0 saturated carbocycles. The van der Waals surface area contributed by atoms with Crippen LogP contribution in [0.2, 0.25) is 0 Å². The zero-order valence-corrected chi connectivity index (χ0v) is 8.15. The molecule has 0 aliphatic carbocycles. The third-order valence-electron chi connectivity index (χ3n) is 1.63. The number of Topliss-reactive ketones (excluding diaryl/α,β-unsaturated/α-hetero) is 1. The van der Waals surface area contributed by atoms with E-state index in [1.165, 1.54) is 13.2 Å². The molecule has 14 heavy (non-hydrogen) atoms. The molecule has 1 aromatic rings. The third-order valence-corrected chi connectivity index (χ3v) is 1.87. The molecule has 0 bridgehead atoms. The first-order chi connectivity index (χ1) is 6.70. The van der Waals surface area contributed by atoms with Crippen molar-refractivity contribution in [2.24, 2.45) is 5.16 Å². The number of rotatable bonds is 3. The summed E-state index contributed by atoms with van der Waals surface area (Å²) in [5.41, 5.74) is 0.262. The highest BCUT2D eigenvalue weighted by Crippen LogP contribution is 2.18. The second kappa shape index (κ2) is 4.62. The van der Waals surface area contributed by atoms with Crippen molar-refractivity contribution in [1.29, 1.82) is 0 Å². The molecule has 0 fully saturated rings. The summed E-state index contributed by atoms with van der Waals surface area (Å²) >= 11 is 5.37. The molecule has 0 radical (unpaired) electrons. The van der Waals surface area contributed by atoms with E-state index in [1.807, 2.05) is 0 Å². The van der Waals surface area contributed by atoms with E-state index in [0.29, 0.717) is 5.75 Å². The molecule has 0 amide bonds. The van der Waals surface area contributed by atoms with Gasteiger partial charge in [0.25, 0.3) is 0 Å². The van der Waals surface area contributed by atoms with Gasteiger partial charge in [-0.1, -0.05) is 28.9 Å². The molecule has 0 heterocycles. The predicted molar refractivity (Wildman–Crippen MR) is 52.4 cm³/mol. The summed E-state index contributed by atoms with van der Waals surface area (Å²) in [6, 6.07) is 6.54. The minimum absolute atomic E-state index is 0.262. The Balaban J connectivity index is 3.12. The number of hydrogen-bond acceptors (Lipinski definition) is 4. The van der Waals surface area contributed by atoms with Crippen LogP contribution < -0.4 is 4.74 Å². The Hall–Kier alpha value is -1.55. The second-order valence-corrected chi connectivity index (χ2v) is 2.78. The maximum absolute atomic E-state index is 11.5. The zero-order valence-electron chi connectivity index (χ0n) is 7.40. The lowest BCUT2D eigenvalue weighted by Gasteiger charge is -2.04. The highest BCUT2D eigenvalue weighted by molar-refractivity contribution is 6.84. The van der Waals surface area contributed by atoms with Crippen LogP contribution in [0.4, 0.5) is 0 Å². The first-order valence-electron chi connectivity index (χ1n) is 3.76. The number of para-hydroxylation sites is 1. The normalized spacial score (nSPS) is 11.1. The van der Waals surface area contributed by atoms with Crippen molar-refractivity contribution in [1.82, 2.24) is 0 Å². The minimum Gasteiger partial charge on any atom is -0.496 e. The van der Waals surface area contributed by atoms with Crippen LogP contribution >= 0.6 is 11.6 Å². The Morgan fingerprint density at radius 1 is 1.50 bits per heavy atom. The molecule has 5 heteroatoms. The number of nitrogens with zero attached hydrogens (tertiary/aromatic N) is 1. The molecule has 0 aliphatic rings. The lowest BCUT2D eigenvalue weighted by Crippen LogP contribution is -2.09. The Kier molecular flexibility index (Phi) is 3.48. The maximum atomic E-state index is 11.5. The quantitative estimate of drug-likeness (QED) is 0.361. The van der Waals surface area contributed by atoms with Gasteiger partial charge in [0.05, 0.1) is 12.7 Å². The molecule has 1 N–H and O–H groups in total. The summed E-state index contributed by atoms with van der Waals surface area (Å²) in [6.45, 7) is 0. The molecule has 1 rings (SSSR count). The number of oxime groups is 1. The summed E-state index contributed by atoms with van der Waals surface area (Å²) in [4.78, 5) is 11.5. The van der Waals surface area contributed by atoms with Gasteiger partial charge in [0, 0.05) is 0 Å². The van der Waals surface area contributed by atoms with Gasteiger partial charge >= 0.3 is 0 Å². The largest absolute Gasteiger partial charge is 0.496 e. The Bertz CT molecular complexity index is 376. The van der Waals surface area contributed by atoms with Crippen molar-refractivity contribution in [2.45, 2.75) is 0 Å². The number of carbonyl (C=O) groups is 1. The molecular formula is C9H8ClNO3. The summed E-state index contributed by atoms with van der Waals surface area (Å²) in [7, 11) is 1.44. The topological polar surface area (TPSA) is 58.9 Å². The minimum atomic E-state index is -0.577. The molecule has 74 valence electrons. The molecule has 0 atom stereocenters. The van der Waals surface area contributed by atoms with Crippen molar-refractivity contribution in [3.05, 3.63) is 29.8 Å². The standard InChI is InChI=1S/C9H8ClNO3/c1-14-7-5-3-2-4-6(7)8(12)9(10)11-13/h2-5,13H,1H3/b11-9-. The summed E-state index contributed by atoms with van der Waals surface area (Å²) in [5.74, 6) is -0.189. The summed E-state index contributed by atoms with van der Waals surface area (Å²) < 4.78 is 4.95. The van der Waals surface area contributed by atoms with Gasteiger partial charge in [0.2, 0.25) is 11.0 Å². The van der Waals surface area contributed by atoms with Gasteiger partial charge in [0.1, 0.15) is 5.75 Å². The van der Waals surface area contributed by atoms with Crippen molar-refractivity contribution < 1.29 is 14.7 Å². The summed E-state index contributed by atoms with van der Waals surface area (Å²) in [6.07, 6.45) is 0. The second-order valence-electron chi connectivity index (χ2n) is 2.42. The maximum Gasteiger partial charge on any atom is 0.230 e. The highest BCUT2D eigenvalue weighted by atomic mass is 35.5. The van der Waals surface area contributed by atoms with E-state index in [-0.39, 0.29) is 5.56 Å². The summed E-state index contributed by atoms with van der Waals surface area (Å²) in [5, 5.41) is 10.5. The fourth-order valence-corrected chi connectivity index (χ4v) is 1.09. The van der Waals surface area contributed by atoms with E-state index in [0.717, 1.165) is 0 Å². The fraction of sp³-hybridized carbons (Fsp3) is 0.111. The number of ether oxygens (including phenoxy) is 1. The number of halogens is 1. The van der Waals surface area contributed by atoms with E-state index in [2.05, 4.69) is 5.16 Å². The highest BCUT2D eigenvalue weighted by Gasteiger charge is 2.16. The van der Waals surface area contributed by atoms with Crippen LogP contribution in [-0.2, 0) is 0 Å². The molecule has 0 aromatic heterocycles. The van der Waals surface area contributed by atoms with Crippen LogP contribution in [0.15, 0.2) is 29.4 Å². The van der Waals surface area contributed by atoms with E-state index < -0.39 is 11.0 Å². The molecule has 4 nitrogen and oxygen atoms in total. The van der Waals surface area contributed by atoms with E-state index in [9.17, 15) is 4.79 Å². The van der Waals surface area contributed by atoms with Gasteiger partial charge in [0.15, 0.2) is 0 Å². The molecule has 1 aromatic carbocycles. The number of benzene rings is 1. The average Bonchev–Trinajstić information content (AvgIpc) is 2.26. The van der Waals surface area contributed by atoms with E-state index in [1.54, 1.807) is 18.2 Å². The number of carbonyl (C=O) groups excluding carboxylic acids is 1. The van der Waals surface area contributed by atoms with Crippen LogP contribution in [0.1, 0.15) is 10.4 Å². The Morgan fingerprint density at radius 2 is 2.14 bits per heavy atom. The molecule has 0 aliphatic heterocycles. The van der Waals surface area contributed by atoms with Crippen LogP contribution in [0.3, 0.4) is 0 Å².